The minimum absolute atomic E-state index is 0.212. The van der Waals surface area contributed by atoms with E-state index in [2.05, 4.69) is 10.4 Å². The van der Waals surface area contributed by atoms with Gasteiger partial charge in [0.1, 0.15) is 5.82 Å². The Morgan fingerprint density at radius 2 is 2.19 bits per heavy atom. The molecular formula is C9H8F3N3S. The summed E-state index contributed by atoms with van der Waals surface area (Å²) in [5.74, 6) is 0.212. The summed E-state index contributed by atoms with van der Waals surface area (Å²) >= 11 is 0.978. The molecule has 0 bridgehead atoms. The molecule has 0 atom stereocenters. The van der Waals surface area contributed by atoms with Gasteiger partial charge in [-0.1, -0.05) is 0 Å². The lowest BCUT2D eigenvalue weighted by Gasteiger charge is -2.07. The molecule has 2 aromatic rings. The second kappa shape index (κ2) is 4.56. The molecule has 1 N–H and O–H groups in total. The maximum Gasteiger partial charge on any atom is 0.334 e. The molecule has 0 aromatic carbocycles. The maximum atomic E-state index is 12.7. The number of anilines is 1. The topological polar surface area (TPSA) is 29.9 Å². The van der Waals surface area contributed by atoms with Crippen LogP contribution in [-0.4, -0.2) is 9.78 Å². The molecule has 0 aliphatic rings. The maximum absolute atomic E-state index is 12.7. The van der Waals surface area contributed by atoms with Crippen LogP contribution in [0.25, 0.3) is 0 Å². The minimum Gasteiger partial charge on any atom is -0.365 e. The Labute approximate surface area is 93.5 Å². The Balaban J connectivity index is 2.02. The Morgan fingerprint density at radius 3 is 2.81 bits per heavy atom. The lowest BCUT2D eigenvalue weighted by Crippen LogP contribution is -2.07. The lowest BCUT2D eigenvalue weighted by atomic mass is 10.4. The van der Waals surface area contributed by atoms with E-state index in [1.165, 1.54) is 18.3 Å². The van der Waals surface area contributed by atoms with Gasteiger partial charge >= 0.3 is 6.55 Å². The summed E-state index contributed by atoms with van der Waals surface area (Å²) in [6.07, 6.45) is 1.28. The highest BCUT2D eigenvalue weighted by atomic mass is 32.1. The fourth-order valence-electron chi connectivity index (χ4n) is 1.23. The monoisotopic (exact) mass is 247 g/mol. The van der Waals surface area contributed by atoms with Gasteiger partial charge in [0.15, 0.2) is 5.13 Å². The van der Waals surface area contributed by atoms with E-state index in [-0.39, 0.29) is 10.9 Å². The molecule has 0 radical (unpaired) electrons. The third-order valence-corrected chi connectivity index (χ3v) is 2.80. The third-order valence-electron chi connectivity index (χ3n) is 1.93. The molecule has 3 nitrogen and oxygen atoms in total. The fraction of sp³-hybridized carbons (Fsp3) is 0.222. The standard InChI is InChI=1S/C9H8F3N3S/c10-7-2-1-6(16-7)5-13-8-3-4-14-15(8)9(11)12/h1-4,9,13H,5H2. The Morgan fingerprint density at radius 1 is 1.38 bits per heavy atom. The summed E-state index contributed by atoms with van der Waals surface area (Å²) in [6, 6.07) is 4.39. The van der Waals surface area contributed by atoms with Crippen molar-refractivity contribution < 1.29 is 13.2 Å². The van der Waals surface area contributed by atoms with Gasteiger partial charge in [0.25, 0.3) is 0 Å². The average molecular weight is 247 g/mol. The van der Waals surface area contributed by atoms with Crippen LogP contribution >= 0.6 is 11.3 Å². The normalized spacial score (nSPS) is 11.0. The van der Waals surface area contributed by atoms with Gasteiger partial charge in [0.05, 0.1) is 12.7 Å². The summed E-state index contributed by atoms with van der Waals surface area (Å²) in [5, 5.41) is 5.94. The Hall–Kier alpha value is -1.50. The van der Waals surface area contributed by atoms with Crippen molar-refractivity contribution in [3.05, 3.63) is 34.4 Å². The number of thiophene rings is 1. The first-order valence-electron chi connectivity index (χ1n) is 4.46. The van der Waals surface area contributed by atoms with Gasteiger partial charge in [-0.2, -0.15) is 23.0 Å². The first-order valence-corrected chi connectivity index (χ1v) is 5.28. The van der Waals surface area contributed by atoms with E-state index < -0.39 is 6.55 Å². The first kappa shape index (κ1) is 11.0. The van der Waals surface area contributed by atoms with Crippen LogP contribution in [0.3, 0.4) is 0 Å². The summed E-state index contributed by atoms with van der Waals surface area (Å²) in [4.78, 5) is 0.736. The van der Waals surface area contributed by atoms with Gasteiger partial charge in [-0.05, 0) is 12.1 Å². The minimum atomic E-state index is -2.68. The van der Waals surface area contributed by atoms with E-state index in [1.807, 2.05) is 0 Å². The van der Waals surface area contributed by atoms with Crippen LogP contribution in [0.5, 0.6) is 0 Å². The molecule has 0 saturated carbocycles. The van der Waals surface area contributed by atoms with Crippen molar-refractivity contribution in [3.8, 4) is 0 Å². The summed E-state index contributed by atoms with van der Waals surface area (Å²) in [7, 11) is 0. The second-order valence-electron chi connectivity index (χ2n) is 3.00. The zero-order chi connectivity index (χ0) is 11.5. The van der Waals surface area contributed by atoms with Crippen molar-refractivity contribution in [2.75, 3.05) is 5.32 Å². The molecule has 0 aliphatic carbocycles. The van der Waals surface area contributed by atoms with Crippen LogP contribution in [0, 0.1) is 5.13 Å². The highest BCUT2D eigenvalue weighted by Crippen LogP contribution is 2.19. The molecule has 0 fully saturated rings. The summed E-state index contributed by atoms with van der Waals surface area (Å²) < 4.78 is 38.0. The fourth-order valence-corrected chi connectivity index (χ4v) is 1.90. The summed E-state index contributed by atoms with van der Waals surface area (Å²) in [6.45, 7) is -2.38. The van der Waals surface area contributed by atoms with Crippen molar-refractivity contribution in [2.24, 2.45) is 0 Å². The second-order valence-corrected chi connectivity index (χ2v) is 4.12. The number of aromatic nitrogens is 2. The van der Waals surface area contributed by atoms with Gasteiger partial charge < -0.3 is 5.32 Å². The number of hydrogen-bond donors (Lipinski definition) is 1. The quantitative estimate of drug-likeness (QED) is 0.899. The molecule has 16 heavy (non-hydrogen) atoms. The van der Waals surface area contributed by atoms with E-state index in [9.17, 15) is 13.2 Å². The SMILES string of the molecule is Fc1ccc(CNc2ccnn2C(F)F)s1. The molecule has 0 unspecified atom stereocenters. The van der Waals surface area contributed by atoms with Crippen LogP contribution in [0.2, 0.25) is 0 Å². The zero-order valence-electron chi connectivity index (χ0n) is 8.03. The molecule has 0 spiro atoms. The highest BCUT2D eigenvalue weighted by Gasteiger charge is 2.11. The van der Waals surface area contributed by atoms with Crippen molar-refractivity contribution in [1.82, 2.24) is 9.78 Å². The molecule has 0 amide bonds. The number of rotatable bonds is 4. The highest BCUT2D eigenvalue weighted by molar-refractivity contribution is 7.10. The predicted molar refractivity (Wildman–Crippen MR) is 55.1 cm³/mol. The number of alkyl halides is 2. The van der Waals surface area contributed by atoms with Crippen LogP contribution < -0.4 is 5.32 Å². The zero-order valence-corrected chi connectivity index (χ0v) is 8.85. The van der Waals surface area contributed by atoms with Crippen LogP contribution in [0.15, 0.2) is 24.4 Å². The van der Waals surface area contributed by atoms with Crippen molar-refractivity contribution >= 4 is 17.2 Å². The molecule has 0 aliphatic heterocycles. The molecule has 2 aromatic heterocycles. The van der Waals surface area contributed by atoms with Gasteiger partial charge in [-0.25, -0.2) is 0 Å². The Kier molecular flexibility index (Phi) is 3.14. The smallest absolute Gasteiger partial charge is 0.334 e. The molecule has 7 heteroatoms. The van der Waals surface area contributed by atoms with Crippen molar-refractivity contribution in [1.29, 1.82) is 0 Å². The van der Waals surface area contributed by atoms with Crippen LogP contribution in [-0.2, 0) is 6.54 Å². The number of hydrogen-bond acceptors (Lipinski definition) is 3. The lowest BCUT2D eigenvalue weighted by molar-refractivity contribution is 0.0588. The van der Waals surface area contributed by atoms with Crippen LogP contribution in [0.1, 0.15) is 11.4 Å². The van der Waals surface area contributed by atoms with Crippen LogP contribution in [0.4, 0.5) is 19.0 Å². The van der Waals surface area contributed by atoms with Gasteiger partial charge in [-0.15, -0.1) is 11.3 Å². The van der Waals surface area contributed by atoms with E-state index in [0.717, 1.165) is 16.2 Å². The van der Waals surface area contributed by atoms with Gasteiger partial charge in [0, 0.05) is 10.9 Å². The number of nitrogens with zero attached hydrogens (tertiary/aromatic N) is 2. The third kappa shape index (κ3) is 2.35. The van der Waals surface area contributed by atoms with E-state index in [4.69, 9.17) is 0 Å². The average Bonchev–Trinajstić information content (AvgIpc) is 2.83. The molecule has 2 heterocycles. The Bertz CT molecular complexity index is 466. The molecule has 0 saturated heterocycles. The molecular weight excluding hydrogens is 239 g/mol. The molecule has 2 rings (SSSR count). The van der Waals surface area contributed by atoms with Gasteiger partial charge in [-0.3, -0.25) is 0 Å². The van der Waals surface area contributed by atoms with Crippen molar-refractivity contribution in [3.63, 3.8) is 0 Å². The number of halogens is 3. The van der Waals surface area contributed by atoms with E-state index in [1.54, 1.807) is 6.07 Å². The first-order chi connectivity index (χ1) is 7.66. The van der Waals surface area contributed by atoms with Crippen molar-refractivity contribution in [2.45, 2.75) is 13.1 Å². The largest absolute Gasteiger partial charge is 0.365 e. The predicted octanol–water partition coefficient (Wildman–Crippen LogP) is 3.09. The van der Waals surface area contributed by atoms with Gasteiger partial charge in [0.2, 0.25) is 0 Å². The van der Waals surface area contributed by atoms with E-state index in [0.29, 0.717) is 11.2 Å². The molecule has 86 valence electrons. The van der Waals surface area contributed by atoms with E-state index >= 15 is 0 Å². The summed E-state index contributed by atoms with van der Waals surface area (Å²) in [5.41, 5.74) is 0. The number of nitrogens with one attached hydrogen (secondary N) is 1.